The molecule has 1 aliphatic rings. The van der Waals surface area contributed by atoms with Crippen LogP contribution in [0.25, 0.3) is 0 Å². The first-order valence-electron chi connectivity index (χ1n) is 11.9. The molecule has 0 heterocycles. The van der Waals surface area contributed by atoms with Gasteiger partial charge in [-0.2, -0.15) is 0 Å². The number of hydrogen-bond donors (Lipinski definition) is 1. The molecule has 190 valence electrons. The average Bonchev–Trinajstić information content (AvgIpc) is 2.82. The zero-order valence-electron chi connectivity index (χ0n) is 20.5. The van der Waals surface area contributed by atoms with Crippen molar-refractivity contribution in [1.82, 2.24) is 10.2 Å². The molecule has 1 fully saturated rings. The third-order valence-corrected chi connectivity index (χ3v) is 7.78. The van der Waals surface area contributed by atoms with Gasteiger partial charge in [0.1, 0.15) is 12.6 Å². The van der Waals surface area contributed by atoms with Crippen molar-refractivity contribution in [3.05, 3.63) is 64.7 Å². The Kier molecular flexibility index (Phi) is 9.19. The number of aryl methyl sites for hydroxylation is 1. The van der Waals surface area contributed by atoms with Crippen molar-refractivity contribution < 1.29 is 18.0 Å². The highest BCUT2D eigenvalue weighted by atomic mass is 35.5. The summed E-state index contributed by atoms with van der Waals surface area (Å²) in [6, 6.07) is 13.3. The number of amides is 2. The lowest BCUT2D eigenvalue weighted by Crippen LogP contribution is -2.52. The molecule has 1 N–H and O–H groups in total. The summed E-state index contributed by atoms with van der Waals surface area (Å²) in [5.74, 6) is -0.688. The minimum absolute atomic E-state index is 0.108. The van der Waals surface area contributed by atoms with Gasteiger partial charge in [-0.15, -0.1) is 0 Å². The van der Waals surface area contributed by atoms with E-state index in [1.54, 1.807) is 31.2 Å². The van der Waals surface area contributed by atoms with Gasteiger partial charge in [0.15, 0.2) is 0 Å². The predicted octanol–water partition coefficient (Wildman–Crippen LogP) is 4.28. The van der Waals surface area contributed by atoms with E-state index in [0.29, 0.717) is 10.7 Å². The summed E-state index contributed by atoms with van der Waals surface area (Å²) in [7, 11) is -3.76. The molecule has 2 aromatic carbocycles. The summed E-state index contributed by atoms with van der Waals surface area (Å²) in [5, 5.41) is 3.55. The number of rotatable bonds is 9. The van der Waals surface area contributed by atoms with Crippen LogP contribution in [0.15, 0.2) is 48.5 Å². The maximum Gasteiger partial charge on any atom is 0.244 e. The first kappa shape index (κ1) is 27.0. The lowest BCUT2D eigenvalue weighted by atomic mass is 9.95. The van der Waals surface area contributed by atoms with E-state index in [0.717, 1.165) is 47.4 Å². The molecule has 0 aromatic heterocycles. The molecule has 1 aliphatic carbocycles. The van der Waals surface area contributed by atoms with Crippen LogP contribution >= 0.6 is 11.6 Å². The minimum atomic E-state index is -3.76. The second-order valence-electron chi connectivity index (χ2n) is 9.27. The Hall–Kier alpha value is -2.58. The van der Waals surface area contributed by atoms with Crippen LogP contribution in [0.3, 0.4) is 0 Å². The molecule has 0 spiro atoms. The molecule has 35 heavy (non-hydrogen) atoms. The van der Waals surface area contributed by atoms with Gasteiger partial charge in [0.2, 0.25) is 21.8 Å². The normalized spacial score (nSPS) is 15.3. The van der Waals surface area contributed by atoms with Crippen molar-refractivity contribution in [2.24, 2.45) is 0 Å². The number of sulfonamides is 1. The number of anilines is 1. The van der Waals surface area contributed by atoms with Crippen molar-refractivity contribution in [2.75, 3.05) is 17.1 Å². The average molecular weight is 520 g/mol. The van der Waals surface area contributed by atoms with Crippen molar-refractivity contribution in [2.45, 2.75) is 64.6 Å². The van der Waals surface area contributed by atoms with Gasteiger partial charge in [-0.05, 0) is 56.5 Å². The molecule has 0 saturated heterocycles. The van der Waals surface area contributed by atoms with Crippen LogP contribution in [0.1, 0.15) is 50.2 Å². The second kappa shape index (κ2) is 11.9. The quantitative estimate of drug-likeness (QED) is 0.535. The first-order valence-corrected chi connectivity index (χ1v) is 14.2. The monoisotopic (exact) mass is 519 g/mol. The topological polar surface area (TPSA) is 86.8 Å². The maximum atomic E-state index is 13.6. The van der Waals surface area contributed by atoms with Gasteiger partial charge in [-0.25, -0.2) is 8.42 Å². The van der Waals surface area contributed by atoms with E-state index in [4.69, 9.17) is 11.6 Å². The van der Waals surface area contributed by atoms with Crippen LogP contribution in [0.2, 0.25) is 5.02 Å². The fraction of sp³-hybridized carbons (Fsp3) is 0.462. The molecule has 1 saturated carbocycles. The van der Waals surface area contributed by atoms with Gasteiger partial charge in [-0.1, -0.05) is 60.7 Å². The fourth-order valence-electron chi connectivity index (χ4n) is 4.26. The highest BCUT2D eigenvalue weighted by Gasteiger charge is 2.31. The summed E-state index contributed by atoms with van der Waals surface area (Å²) in [6.07, 6.45) is 6.25. The Bertz CT molecular complexity index is 1110. The van der Waals surface area contributed by atoms with E-state index < -0.39 is 28.5 Å². The van der Waals surface area contributed by atoms with Gasteiger partial charge in [0.05, 0.1) is 11.9 Å². The number of benzene rings is 2. The van der Waals surface area contributed by atoms with Crippen molar-refractivity contribution in [1.29, 1.82) is 0 Å². The van der Waals surface area contributed by atoms with Gasteiger partial charge < -0.3 is 10.2 Å². The van der Waals surface area contributed by atoms with Crippen molar-refractivity contribution in [3.8, 4) is 0 Å². The zero-order chi connectivity index (χ0) is 25.6. The lowest BCUT2D eigenvalue weighted by molar-refractivity contribution is -0.139. The number of hydrogen-bond acceptors (Lipinski definition) is 4. The molecule has 0 aliphatic heterocycles. The van der Waals surface area contributed by atoms with E-state index in [2.05, 4.69) is 5.32 Å². The summed E-state index contributed by atoms with van der Waals surface area (Å²) in [6.45, 7) is 3.43. The number of carbonyl (C=O) groups is 2. The first-order chi connectivity index (χ1) is 16.5. The Labute approximate surface area is 213 Å². The number of nitrogens with zero attached hydrogens (tertiary/aromatic N) is 2. The predicted molar refractivity (Wildman–Crippen MR) is 140 cm³/mol. The van der Waals surface area contributed by atoms with Crippen molar-refractivity contribution in [3.63, 3.8) is 0 Å². The molecule has 0 bridgehead atoms. The Morgan fingerprint density at radius 2 is 1.63 bits per heavy atom. The molecule has 3 rings (SSSR count). The zero-order valence-corrected chi connectivity index (χ0v) is 22.1. The van der Waals surface area contributed by atoms with E-state index in [1.165, 1.54) is 11.3 Å². The Balaban J connectivity index is 1.85. The molecule has 2 aromatic rings. The van der Waals surface area contributed by atoms with Crippen molar-refractivity contribution >= 4 is 39.1 Å². The number of halogens is 1. The third kappa shape index (κ3) is 7.70. The van der Waals surface area contributed by atoms with Gasteiger partial charge in [-0.3, -0.25) is 13.9 Å². The molecule has 1 atom stereocenters. The molecule has 9 heteroatoms. The summed E-state index contributed by atoms with van der Waals surface area (Å²) in [4.78, 5) is 28.2. The second-order valence-corrected chi connectivity index (χ2v) is 11.6. The maximum absolute atomic E-state index is 13.6. The summed E-state index contributed by atoms with van der Waals surface area (Å²) < 4.78 is 26.2. The van der Waals surface area contributed by atoms with E-state index in [1.807, 2.05) is 31.2 Å². The molecule has 7 nitrogen and oxygen atoms in total. The molecule has 0 unspecified atom stereocenters. The van der Waals surface area contributed by atoms with E-state index in [-0.39, 0.29) is 18.5 Å². The van der Waals surface area contributed by atoms with Crippen LogP contribution < -0.4 is 9.62 Å². The Morgan fingerprint density at radius 3 is 2.20 bits per heavy atom. The van der Waals surface area contributed by atoms with Gasteiger partial charge >= 0.3 is 0 Å². The molecule has 0 radical (unpaired) electrons. The fourth-order valence-corrected chi connectivity index (χ4v) is 5.24. The smallest absolute Gasteiger partial charge is 0.244 e. The van der Waals surface area contributed by atoms with Crippen LogP contribution in [0.5, 0.6) is 0 Å². The number of nitrogens with one attached hydrogen (secondary N) is 1. The largest absolute Gasteiger partial charge is 0.352 e. The lowest BCUT2D eigenvalue weighted by Gasteiger charge is -2.33. The number of carbonyl (C=O) groups excluding carboxylic acids is 2. The standard InChI is InChI=1S/C26H34ClN3O4S/c1-19-9-11-21(12-10-19)17-29(20(2)26(32)28-23-7-5-4-6-8-23)25(31)18-30(35(3,33)34)24-15-13-22(27)14-16-24/h9-16,20,23H,4-8,17-18H2,1-3H3,(H,28,32)/t20-/m1/s1. The van der Waals surface area contributed by atoms with Crippen LogP contribution in [-0.4, -0.2) is 50.0 Å². The van der Waals surface area contributed by atoms with Crippen LogP contribution in [0.4, 0.5) is 5.69 Å². The van der Waals surface area contributed by atoms with E-state index in [9.17, 15) is 18.0 Å². The molecular formula is C26H34ClN3O4S. The van der Waals surface area contributed by atoms with E-state index >= 15 is 0 Å². The van der Waals surface area contributed by atoms with Crippen LogP contribution in [0, 0.1) is 6.92 Å². The highest BCUT2D eigenvalue weighted by Crippen LogP contribution is 2.22. The third-order valence-electron chi connectivity index (χ3n) is 6.39. The SMILES string of the molecule is Cc1ccc(CN(C(=O)CN(c2ccc(Cl)cc2)S(C)(=O)=O)[C@H](C)C(=O)NC2CCCCC2)cc1. The summed E-state index contributed by atoms with van der Waals surface area (Å²) in [5.41, 5.74) is 2.28. The summed E-state index contributed by atoms with van der Waals surface area (Å²) >= 11 is 5.96. The highest BCUT2D eigenvalue weighted by molar-refractivity contribution is 7.92. The van der Waals surface area contributed by atoms with Crippen LogP contribution in [-0.2, 0) is 26.2 Å². The molecular weight excluding hydrogens is 486 g/mol. The van der Waals surface area contributed by atoms with Gasteiger partial charge in [0.25, 0.3) is 0 Å². The molecule has 2 amide bonds. The van der Waals surface area contributed by atoms with Gasteiger partial charge in [0, 0.05) is 17.6 Å². The minimum Gasteiger partial charge on any atom is -0.352 e. The Morgan fingerprint density at radius 1 is 1.03 bits per heavy atom.